The molecule has 2 aromatic heterocycles. The first-order valence-electron chi connectivity index (χ1n) is 30.3. The van der Waals surface area contributed by atoms with Crippen LogP contribution in [0.25, 0.3) is 111 Å². The summed E-state index contributed by atoms with van der Waals surface area (Å²) in [7, 11) is 0. The van der Waals surface area contributed by atoms with Crippen molar-refractivity contribution in [3.05, 3.63) is 362 Å². The zero-order valence-electron chi connectivity index (χ0n) is 49.8. The molecule has 0 bridgehead atoms. The monoisotopic (exact) mass is 1290 g/mol. The van der Waals surface area contributed by atoms with E-state index in [-0.39, 0.29) is 33.7 Å². The van der Waals surface area contributed by atoms with Gasteiger partial charge in [-0.05, 0) is 213 Å². The lowest BCUT2D eigenvalue weighted by molar-refractivity contribution is 0.627. The van der Waals surface area contributed by atoms with Crippen molar-refractivity contribution in [1.29, 1.82) is 0 Å². The van der Waals surface area contributed by atoms with Gasteiger partial charge in [0.15, 0.2) is 0 Å². The summed E-state index contributed by atoms with van der Waals surface area (Å²) in [6.45, 7) is 0. The van der Waals surface area contributed by atoms with Gasteiger partial charge in [-0.3, -0.25) is 0 Å². The van der Waals surface area contributed by atoms with Crippen LogP contribution in [-0.4, -0.2) is 9.13 Å². The summed E-state index contributed by atoms with van der Waals surface area (Å²) in [5.74, 6) is -0.707. The summed E-state index contributed by atoms with van der Waals surface area (Å²) in [5, 5.41) is 4.96. The average molecular weight is 1300 g/mol. The van der Waals surface area contributed by atoms with Gasteiger partial charge in [-0.15, -0.1) is 0 Å². The molecule has 4 nitrogen and oxygen atoms in total. The number of nitrogens with two attached hydrogens (primary N) is 1. The molecule has 0 aliphatic rings. The summed E-state index contributed by atoms with van der Waals surface area (Å²) >= 11 is 3.37. The fourth-order valence-corrected chi connectivity index (χ4v) is 12.4. The van der Waals surface area contributed by atoms with Crippen LogP contribution in [-0.2, 0) is 0 Å². The molecule has 0 atom stereocenters. The second-order valence-electron chi connectivity index (χ2n) is 22.5. The van der Waals surface area contributed by atoms with E-state index in [1.807, 2.05) is 42.5 Å². The summed E-state index contributed by atoms with van der Waals surface area (Å²) in [4.78, 5) is 2.23. The molecule has 2 heterocycles. The molecule has 16 aromatic rings. The van der Waals surface area contributed by atoms with Crippen LogP contribution >= 0.6 is 15.9 Å². The van der Waals surface area contributed by atoms with Crippen LogP contribution < -0.4 is 10.6 Å². The minimum Gasteiger partial charge on any atom is -0.399 e. The van der Waals surface area contributed by atoms with E-state index in [9.17, 15) is 13.2 Å². The van der Waals surface area contributed by atoms with Gasteiger partial charge >= 0.3 is 0 Å². The quantitative estimate of drug-likeness (QED) is 0.139. The maximum atomic E-state index is 13.6. The normalized spacial score (nSPS) is 10.9. The number of benzene rings is 14. The third-order valence-corrected chi connectivity index (χ3v) is 17.2. The van der Waals surface area contributed by atoms with Crippen molar-refractivity contribution >= 4 is 82.3 Å². The minimum absolute atomic E-state index is 0. The van der Waals surface area contributed by atoms with Gasteiger partial charge < -0.3 is 19.8 Å². The van der Waals surface area contributed by atoms with Crippen molar-refractivity contribution in [1.82, 2.24) is 9.13 Å². The zero-order valence-corrected chi connectivity index (χ0v) is 51.3. The molecule has 0 aliphatic heterocycles. The predicted molar refractivity (Wildman–Crippen MR) is 397 cm³/mol. The van der Waals surface area contributed by atoms with Gasteiger partial charge in [0, 0.05) is 61.6 Å². The molecule has 0 saturated heterocycles. The van der Waals surface area contributed by atoms with Crippen LogP contribution in [0.4, 0.5) is 35.9 Å². The van der Waals surface area contributed by atoms with Crippen molar-refractivity contribution in [2.24, 2.45) is 0 Å². The molecular formula is C86H68BrF3N4. The van der Waals surface area contributed by atoms with Gasteiger partial charge in [0.2, 0.25) is 0 Å². The molecule has 0 spiro atoms. The standard InChI is InChI=1S/C48H32F2N2.C24H18N2.C12H8BrF.2CH4.H2/c49-39-21-10-33(11-22-39)35-14-25-42(26-15-35)51(43-27-16-36(17-28-43)34-12-23-40(50)24-13-34)44-29-18-37(19-30-44)38-20-31-48-46(32-38)45-8-4-5-9-47(45)52(48)41-6-2-1-3-7-41;25-19-13-10-17(11-14-19)18-12-15-24-22(16-18)21-8-4-5-9-23(21)26(24)20-6-2-1-3-7-20;13-11-5-1-9(2-6-11)10-3-7-12(14)8-4-10;;;/h1-32H;1-16H,25H2;1-8H;2*1H4;1H/i;;;;;1+1. The Balaban J connectivity index is 0.000000176. The Morgan fingerprint density at radius 2 is 0.521 bits per heavy atom. The van der Waals surface area contributed by atoms with Gasteiger partial charge in [0.25, 0.3) is 0 Å². The fraction of sp³-hybridized carbons (Fsp3) is 0.0233. The topological polar surface area (TPSA) is 39.1 Å². The number of hydrogen-bond acceptors (Lipinski definition) is 2. The summed E-state index contributed by atoms with van der Waals surface area (Å²) in [5.41, 5.74) is 27.4. The largest absolute Gasteiger partial charge is 0.399 e. The first kappa shape index (κ1) is 62.7. The van der Waals surface area contributed by atoms with Crippen molar-refractivity contribution in [3.63, 3.8) is 0 Å². The minimum atomic E-state index is -0.252. The Bertz CT molecular complexity index is 5070. The lowest BCUT2D eigenvalue weighted by atomic mass is 10.0. The van der Waals surface area contributed by atoms with Crippen LogP contribution in [0.2, 0.25) is 0 Å². The van der Waals surface area contributed by atoms with E-state index >= 15 is 0 Å². The number of rotatable bonds is 10. The van der Waals surface area contributed by atoms with Gasteiger partial charge in [0.1, 0.15) is 17.5 Å². The maximum Gasteiger partial charge on any atom is 0.123 e. The SMILES string of the molecule is C.C.Fc1ccc(-c2ccc(Br)cc2)cc1.Fc1ccc(-c2ccc(N(c3ccc(-c4ccc(F)cc4)cc3)c3ccc(-c4ccc5c(c4)c4ccccc4n5-c4ccccc4)cc3)cc2)cc1.Nc1ccc(-c2ccc3c(c2)c2ccccc2n3-c2ccccc2)cc1.[2HH]. The number of para-hydroxylation sites is 4. The average Bonchev–Trinajstić information content (AvgIpc) is 1.61. The molecule has 94 heavy (non-hydrogen) atoms. The van der Waals surface area contributed by atoms with E-state index < -0.39 is 0 Å². The van der Waals surface area contributed by atoms with Crippen LogP contribution in [0.1, 0.15) is 16.3 Å². The highest BCUT2D eigenvalue weighted by molar-refractivity contribution is 9.10. The van der Waals surface area contributed by atoms with Crippen molar-refractivity contribution in [2.45, 2.75) is 14.9 Å². The molecule has 8 heteroatoms. The van der Waals surface area contributed by atoms with E-state index in [0.29, 0.717) is 0 Å². The van der Waals surface area contributed by atoms with E-state index in [1.54, 1.807) is 36.4 Å². The second-order valence-corrected chi connectivity index (χ2v) is 23.4. The number of fused-ring (bicyclic) bond motifs is 6. The van der Waals surface area contributed by atoms with Crippen molar-refractivity contribution in [3.8, 4) is 67.0 Å². The van der Waals surface area contributed by atoms with Crippen molar-refractivity contribution < 1.29 is 14.6 Å². The molecule has 2 N–H and O–H groups in total. The van der Waals surface area contributed by atoms with Crippen LogP contribution in [0.15, 0.2) is 344 Å². The molecule has 16 rings (SSSR count). The summed E-state index contributed by atoms with van der Waals surface area (Å²) in [6, 6.07) is 113. The molecule has 0 aliphatic carbocycles. The highest BCUT2D eigenvalue weighted by Gasteiger charge is 2.18. The Morgan fingerprint density at radius 1 is 0.266 bits per heavy atom. The molecule has 14 aromatic carbocycles. The predicted octanol–water partition coefficient (Wildman–Crippen LogP) is 25.3. The van der Waals surface area contributed by atoms with E-state index in [0.717, 1.165) is 77.4 Å². The highest BCUT2D eigenvalue weighted by atomic mass is 79.9. The Morgan fingerprint density at radius 3 is 0.862 bits per heavy atom. The Kier molecular flexibility index (Phi) is 18.7. The van der Waals surface area contributed by atoms with Crippen LogP contribution in [0.5, 0.6) is 0 Å². The number of aromatic nitrogens is 2. The second kappa shape index (κ2) is 28.0. The third kappa shape index (κ3) is 13.2. The van der Waals surface area contributed by atoms with Crippen molar-refractivity contribution in [2.75, 3.05) is 10.6 Å². The van der Waals surface area contributed by atoms with Crippen LogP contribution in [0, 0.1) is 17.5 Å². The van der Waals surface area contributed by atoms with E-state index in [1.165, 1.54) is 96.8 Å². The van der Waals surface area contributed by atoms with Gasteiger partial charge in [-0.25, -0.2) is 13.2 Å². The van der Waals surface area contributed by atoms with Gasteiger partial charge in [-0.2, -0.15) is 0 Å². The zero-order chi connectivity index (χ0) is 62.5. The molecule has 0 unspecified atom stereocenters. The third-order valence-electron chi connectivity index (χ3n) is 16.7. The number of hydrogen-bond donors (Lipinski definition) is 1. The van der Waals surface area contributed by atoms with Gasteiger partial charge in [0.05, 0.1) is 22.1 Å². The Labute approximate surface area is 556 Å². The van der Waals surface area contributed by atoms with Gasteiger partial charge in [-0.1, -0.05) is 213 Å². The molecule has 0 saturated carbocycles. The lowest BCUT2D eigenvalue weighted by Crippen LogP contribution is -2.09. The number of nitrogens with zero attached hydrogens (tertiary/aromatic N) is 3. The first-order valence-corrected chi connectivity index (χ1v) is 31.1. The highest BCUT2D eigenvalue weighted by Crippen LogP contribution is 2.41. The molecular weight excluding hydrogens is 1230 g/mol. The smallest absolute Gasteiger partial charge is 0.123 e. The first-order chi connectivity index (χ1) is 45.1. The number of nitrogen functional groups attached to an aromatic ring is 1. The summed E-state index contributed by atoms with van der Waals surface area (Å²) < 4.78 is 45.6. The summed E-state index contributed by atoms with van der Waals surface area (Å²) in [6.07, 6.45) is 0. The fourth-order valence-electron chi connectivity index (χ4n) is 12.1. The maximum absolute atomic E-state index is 13.6. The van der Waals surface area contributed by atoms with E-state index in [2.05, 4.69) is 254 Å². The number of halogens is 4. The molecule has 0 amide bonds. The molecule has 0 fully saturated rings. The number of anilines is 4. The lowest BCUT2D eigenvalue weighted by Gasteiger charge is -2.26. The molecule has 0 radical (unpaired) electrons. The van der Waals surface area contributed by atoms with Crippen LogP contribution in [0.3, 0.4) is 0 Å². The van der Waals surface area contributed by atoms with E-state index in [4.69, 9.17) is 5.73 Å². The Hall–Kier alpha value is -11.5. The molecule has 460 valence electrons.